The van der Waals surface area contributed by atoms with Gasteiger partial charge in [0.05, 0.1) is 33.0 Å². The first-order chi connectivity index (χ1) is 13.8. The van der Waals surface area contributed by atoms with Gasteiger partial charge in [0.25, 0.3) is 17.0 Å². The van der Waals surface area contributed by atoms with Crippen molar-refractivity contribution in [3.63, 3.8) is 0 Å². The number of carbonyl (C=O) groups is 2. The van der Waals surface area contributed by atoms with Crippen molar-refractivity contribution in [3.05, 3.63) is 67.2 Å². The molecule has 1 heterocycles. The van der Waals surface area contributed by atoms with Gasteiger partial charge in [0.15, 0.2) is 6.61 Å². The third-order valence-electron chi connectivity index (χ3n) is 3.81. The lowest BCUT2D eigenvalue weighted by Crippen LogP contribution is -2.36. The van der Waals surface area contributed by atoms with Gasteiger partial charge in [-0.25, -0.2) is 0 Å². The van der Waals surface area contributed by atoms with E-state index in [1.54, 1.807) is 6.07 Å². The van der Waals surface area contributed by atoms with Crippen LogP contribution >= 0.6 is 23.2 Å². The van der Waals surface area contributed by atoms with Crippen molar-refractivity contribution in [1.82, 2.24) is 15.5 Å². The predicted octanol–water partition coefficient (Wildman–Crippen LogP) is 1.66. The normalized spacial score (nSPS) is 10.6. The van der Waals surface area contributed by atoms with Gasteiger partial charge >= 0.3 is 0 Å². The minimum atomic E-state index is -0.583. The van der Waals surface area contributed by atoms with Crippen molar-refractivity contribution in [2.24, 2.45) is 0 Å². The van der Waals surface area contributed by atoms with E-state index in [-0.39, 0.29) is 34.6 Å². The number of rotatable bonds is 6. The van der Waals surface area contributed by atoms with E-state index < -0.39 is 22.9 Å². The van der Waals surface area contributed by atoms with Crippen LogP contribution in [-0.2, 0) is 9.59 Å². The Kier molecular flexibility index (Phi) is 6.20. The highest BCUT2D eigenvalue weighted by Crippen LogP contribution is 2.26. The number of halogens is 2. The van der Waals surface area contributed by atoms with Crippen molar-refractivity contribution in [3.8, 4) is 5.75 Å². The number of fused-ring (bicyclic) bond motifs is 1. The van der Waals surface area contributed by atoms with Crippen LogP contribution in [0.4, 0.5) is 5.69 Å². The van der Waals surface area contributed by atoms with Gasteiger partial charge in [-0.2, -0.15) is 0 Å². The van der Waals surface area contributed by atoms with Gasteiger partial charge in [-0.05, 0) is 24.3 Å². The standard InChI is InChI=1S/C18H14Cl2N4O5/c19-11-5-4-9(6-12(11)20)29-8-15(26)21-7-14(25)22-13-3-1-2-10-16(13)18(28)24-23-17(10)27/h1-6H,7-8H2,(H,21,26)(H,22,25)(H,23,27)(H,24,28). The van der Waals surface area contributed by atoms with Crippen LogP contribution in [0.2, 0.25) is 10.0 Å². The molecule has 0 spiro atoms. The molecule has 0 aliphatic rings. The smallest absolute Gasteiger partial charge is 0.272 e. The highest BCUT2D eigenvalue weighted by atomic mass is 35.5. The Labute approximate surface area is 173 Å². The van der Waals surface area contributed by atoms with Crippen LogP contribution in [0.25, 0.3) is 10.8 Å². The molecular formula is C18H14Cl2N4O5. The second-order valence-corrected chi connectivity index (χ2v) is 6.64. The molecule has 11 heteroatoms. The Balaban J connectivity index is 1.57. The first-order valence-electron chi connectivity index (χ1n) is 8.23. The molecule has 2 aromatic carbocycles. The topological polar surface area (TPSA) is 133 Å². The van der Waals surface area contributed by atoms with Crippen LogP contribution in [-0.4, -0.2) is 35.2 Å². The van der Waals surface area contributed by atoms with Crippen molar-refractivity contribution in [2.75, 3.05) is 18.5 Å². The summed E-state index contributed by atoms with van der Waals surface area (Å²) in [7, 11) is 0. The fourth-order valence-electron chi connectivity index (χ4n) is 2.47. The number of hydrogen-bond donors (Lipinski definition) is 4. The monoisotopic (exact) mass is 436 g/mol. The number of ether oxygens (including phenoxy) is 1. The number of anilines is 1. The maximum atomic E-state index is 12.1. The minimum absolute atomic E-state index is 0.0406. The molecule has 0 fully saturated rings. The molecular weight excluding hydrogens is 423 g/mol. The number of H-pyrrole nitrogens is 2. The lowest BCUT2D eigenvalue weighted by Gasteiger charge is -2.10. The summed E-state index contributed by atoms with van der Waals surface area (Å²) in [5.41, 5.74) is -0.904. The molecule has 0 aliphatic heterocycles. The van der Waals surface area contributed by atoms with Crippen LogP contribution in [0.3, 0.4) is 0 Å². The van der Waals surface area contributed by atoms with Crippen LogP contribution in [0, 0.1) is 0 Å². The van der Waals surface area contributed by atoms with E-state index in [0.717, 1.165) is 0 Å². The Morgan fingerprint density at radius 1 is 0.966 bits per heavy atom. The number of amides is 2. The number of aromatic nitrogens is 2. The highest BCUT2D eigenvalue weighted by molar-refractivity contribution is 6.42. The van der Waals surface area contributed by atoms with Crippen molar-refractivity contribution in [2.45, 2.75) is 0 Å². The number of aromatic amines is 2. The Morgan fingerprint density at radius 3 is 2.48 bits per heavy atom. The Bertz CT molecular complexity index is 1200. The van der Waals surface area contributed by atoms with Crippen LogP contribution in [0.5, 0.6) is 5.75 Å². The molecule has 3 aromatic rings. The fraction of sp³-hybridized carbons (Fsp3) is 0.111. The zero-order chi connectivity index (χ0) is 21.0. The Morgan fingerprint density at radius 2 is 1.72 bits per heavy atom. The summed E-state index contributed by atoms with van der Waals surface area (Å²) in [6, 6.07) is 9.00. The predicted molar refractivity (Wildman–Crippen MR) is 109 cm³/mol. The zero-order valence-corrected chi connectivity index (χ0v) is 16.2. The molecule has 0 radical (unpaired) electrons. The summed E-state index contributed by atoms with van der Waals surface area (Å²) in [5, 5.41) is 10.1. The maximum absolute atomic E-state index is 12.1. The number of benzene rings is 2. The van der Waals surface area contributed by atoms with E-state index in [1.165, 1.54) is 30.3 Å². The van der Waals surface area contributed by atoms with Crippen molar-refractivity contribution < 1.29 is 14.3 Å². The van der Waals surface area contributed by atoms with E-state index in [4.69, 9.17) is 27.9 Å². The molecule has 29 heavy (non-hydrogen) atoms. The Hall–Kier alpha value is -3.30. The SMILES string of the molecule is O=C(COc1ccc(Cl)c(Cl)c1)NCC(=O)Nc1cccc2c(=O)[nH][nH]c(=O)c12. The lowest BCUT2D eigenvalue weighted by molar-refractivity contribution is -0.125. The van der Waals surface area contributed by atoms with Crippen molar-refractivity contribution >= 4 is 51.5 Å². The molecule has 0 aliphatic carbocycles. The lowest BCUT2D eigenvalue weighted by atomic mass is 10.1. The van der Waals surface area contributed by atoms with Crippen LogP contribution < -0.4 is 26.5 Å². The van der Waals surface area contributed by atoms with Gasteiger partial charge in [0.2, 0.25) is 5.91 Å². The zero-order valence-electron chi connectivity index (χ0n) is 14.7. The van der Waals surface area contributed by atoms with E-state index in [1.807, 2.05) is 0 Å². The molecule has 3 rings (SSSR count). The second kappa shape index (κ2) is 8.80. The fourth-order valence-corrected chi connectivity index (χ4v) is 2.76. The van der Waals surface area contributed by atoms with E-state index in [2.05, 4.69) is 20.8 Å². The van der Waals surface area contributed by atoms with Gasteiger partial charge in [0, 0.05) is 6.07 Å². The molecule has 150 valence electrons. The van der Waals surface area contributed by atoms with E-state index in [0.29, 0.717) is 10.8 Å². The molecule has 2 amide bonds. The van der Waals surface area contributed by atoms with E-state index in [9.17, 15) is 19.2 Å². The van der Waals surface area contributed by atoms with Crippen LogP contribution in [0.1, 0.15) is 0 Å². The third-order valence-corrected chi connectivity index (χ3v) is 4.55. The summed E-state index contributed by atoms with van der Waals surface area (Å²) in [6.45, 7) is -0.699. The molecule has 0 bridgehead atoms. The van der Waals surface area contributed by atoms with Gasteiger partial charge in [-0.3, -0.25) is 29.4 Å². The summed E-state index contributed by atoms with van der Waals surface area (Å²) < 4.78 is 5.27. The molecule has 0 unspecified atom stereocenters. The third kappa shape index (κ3) is 4.95. The summed E-state index contributed by atoms with van der Waals surface area (Å²) in [4.78, 5) is 47.7. The minimum Gasteiger partial charge on any atom is -0.484 e. The average molecular weight is 437 g/mol. The molecule has 0 saturated heterocycles. The largest absolute Gasteiger partial charge is 0.484 e. The van der Waals surface area contributed by atoms with Gasteiger partial charge < -0.3 is 15.4 Å². The first kappa shape index (κ1) is 20.4. The highest BCUT2D eigenvalue weighted by Gasteiger charge is 2.12. The quantitative estimate of drug-likeness (QED) is 0.466. The molecule has 0 saturated carbocycles. The van der Waals surface area contributed by atoms with Crippen molar-refractivity contribution in [1.29, 1.82) is 0 Å². The molecule has 1 aromatic heterocycles. The molecule has 9 nitrogen and oxygen atoms in total. The maximum Gasteiger partial charge on any atom is 0.272 e. The summed E-state index contributed by atoms with van der Waals surface area (Å²) in [6.07, 6.45) is 0. The summed E-state index contributed by atoms with van der Waals surface area (Å²) >= 11 is 11.7. The molecule has 4 N–H and O–H groups in total. The number of hydrogen-bond acceptors (Lipinski definition) is 5. The number of nitrogens with one attached hydrogen (secondary N) is 4. The second-order valence-electron chi connectivity index (χ2n) is 5.83. The summed E-state index contributed by atoms with van der Waals surface area (Å²) in [5.74, 6) is -0.780. The van der Waals surface area contributed by atoms with Crippen LogP contribution in [0.15, 0.2) is 46.0 Å². The van der Waals surface area contributed by atoms with Gasteiger partial charge in [-0.1, -0.05) is 29.3 Å². The number of carbonyl (C=O) groups excluding carboxylic acids is 2. The van der Waals surface area contributed by atoms with Gasteiger partial charge in [-0.15, -0.1) is 0 Å². The van der Waals surface area contributed by atoms with E-state index >= 15 is 0 Å². The average Bonchev–Trinajstić information content (AvgIpc) is 2.70. The first-order valence-corrected chi connectivity index (χ1v) is 8.99. The van der Waals surface area contributed by atoms with Gasteiger partial charge in [0.1, 0.15) is 5.75 Å². The molecule has 0 atom stereocenters.